The Labute approximate surface area is 164 Å². The quantitative estimate of drug-likeness (QED) is 0.731. The molecule has 1 fully saturated rings. The van der Waals surface area contributed by atoms with E-state index in [-0.39, 0.29) is 36.8 Å². The second kappa shape index (κ2) is 11.6. The molecule has 0 saturated carbocycles. The fourth-order valence-electron chi connectivity index (χ4n) is 2.56. The lowest BCUT2D eigenvalue weighted by Gasteiger charge is -2.27. The molecule has 2 amide bonds. The minimum atomic E-state index is -0.190. The topological polar surface area (TPSA) is 61.4 Å². The third-order valence-corrected chi connectivity index (χ3v) is 5.11. The summed E-state index contributed by atoms with van der Waals surface area (Å²) in [6.45, 7) is 3.61. The van der Waals surface area contributed by atoms with Crippen molar-refractivity contribution in [1.29, 1.82) is 0 Å². The number of benzene rings is 1. The molecule has 2 rings (SSSR count). The predicted octanol–water partition coefficient (Wildman–Crippen LogP) is 3.03. The smallest absolute Gasteiger partial charge is 0.243 e. The largest absolute Gasteiger partial charge is 0.333 e. The van der Waals surface area contributed by atoms with Gasteiger partial charge in [-0.3, -0.25) is 9.59 Å². The van der Waals surface area contributed by atoms with E-state index in [1.54, 1.807) is 29.2 Å². The highest BCUT2D eigenvalue weighted by Crippen LogP contribution is 2.14. The van der Waals surface area contributed by atoms with E-state index < -0.39 is 0 Å². The van der Waals surface area contributed by atoms with Gasteiger partial charge < -0.3 is 15.5 Å². The zero-order valence-electron chi connectivity index (χ0n) is 14.3. The maximum atomic E-state index is 12.5. The number of amides is 2. The zero-order chi connectivity index (χ0) is 17.4. The van der Waals surface area contributed by atoms with E-state index in [1.165, 1.54) is 0 Å². The second-order valence-corrected chi connectivity index (χ2v) is 7.39. The molecule has 1 saturated heterocycles. The standard InChI is InChI=1S/C17H24ClN3O2S.ClH/c1-2-8-21(17(23)10-15-12-24-9-7-19-15)11-16(22)20-14-5-3-13(18)4-6-14;/h3-6,15,19H,2,7-12H2,1H3,(H,20,22);1H. The minimum Gasteiger partial charge on any atom is -0.333 e. The molecule has 1 aliphatic heterocycles. The summed E-state index contributed by atoms with van der Waals surface area (Å²) in [5.74, 6) is 1.88. The van der Waals surface area contributed by atoms with Gasteiger partial charge in [-0.25, -0.2) is 0 Å². The van der Waals surface area contributed by atoms with Gasteiger partial charge in [-0.15, -0.1) is 12.4 Å². The Bertz CT molecular complexity index is 551. The molecule has 1 atom stereocenters. The number of anilines is 1. The van der Waals surface area contributed by atoms with Crippen molar-refractivity contribution in [2.45, 2.75) is 25.8 Å². The molecule has 25 heavy (non-hydrogen) atoms. The van der Waals surface area contributed by atoms with Gasteiger partial charge in [0.05, 0.1) is 6.54 Å². The van der Waals surface area contributed by atoms with Gasteiger partial charge >= 0.3 is 0 Å². The van der Waals surface area contributed by atoms with Crippen molar-refractivity contribution in [2.24, 2.45) is 0 Å². The first-order chi connectivity index (χ1) is 11.6. The number of nitrogens with one attached hydrogen (secondary N) is 2. The molecule has 5 nitrogen and oxygen atoms in total. The number of carbonyl (C=O) groups excluding carboxylic acids is 2. The van der Waals surface area contributed by atoms with Gasteiger partial charge in [0, 0.05) is 47.8 Å². The fourth-order valence-corrected chi connectivity index (χ4v) is 3.63. The van der Waals surface area contributed by atoms with Gasteiger partial charge in [-0.2, -0.15) is 11.8 Å². The van der Waals surface area contributed by atoms with Crippen LogP contribution in [0.4, 0.5) is 5.69 Å². The van der Waals surface area contributed by atoms with E-state index in [1.807, 2.05) is 18.7 Å². The van der Waals surface area contributed by atoms with Crippen LogP contribution in [0.3, 0.4) is 0 Å². The highest BCUT2D eigenvalue weighted by atomic mass is 35.5. The molecule has 0 aliphatic carbocycles. The third-order valence-electron chi connectivity index (χ3n) is 3.73. The highest BCUT2D eigenvalue weighted by Gasteiger charge is 2.22. The molecule has 0 radical (unpaired) electrons. The lowest BCUT2D eigenvalue weighted by molar-refractivity contribution is -0.135. The van der Waals surface area contributed by atoms with Crippen LogP contribution in [-0.2, 0) is 9.59 Å². The van der Waals surface area contributed by atoms with E-state index in [0.29, 0.717) is 23.7 Å². The summed E-state index contributed by atoms with van der Waals surface area (Å²) in [5.41, 5.74) is 0.679. The van der Waals surface area contributed by atoms with Crippen LogP contribution in [0, 0.1) is 0 Å². The van der Waals surface area contributed by atoms with Crippen molar-refractivity contribution >= 4 is 53.3 Å². The van der Waals surface area contributed by atoms with Gasteiger partial charge in [0.1, 0.15) is 0 Å². The van der Waals surface area contributed by atoms with E-state index in [2.05, 4.69) is 10.6 Å². The van der Waals surface area contributed by atoms with E-state index in [4.69, 9.17) is 11.6 Å². The number of rotatable bonds is 7. The number of hydrogen-bond donors (Lipinski definition) is 2. The number of halogens is 2. The van der Waals surface area contributed by atoms with Crippen LogP contribution in [0.25, 0.3) is 0 Å². The molecular weight excluding hydrogens is 381 g/mol. The summed E-state index contributed by atoms with van der Waals surface area (Å²) in [6.07, 6.45) is 1.27. The average Bonchev–Trinajstić information content (AvgIpc) is 2.57. The monoisotopic (exact) mass is 405 g/mol. The Morgan fingerprint density at radius 3 is 2.68 bits per heavy atom. The predicted molar refractivity (Wildman–Crippen MR) is 108 cm³/mol. The molecular formula is C17H25Cl2N3O2S. The molecule has 2 N–H and O–H groups in total. The van der Waals surface area contributed by atoms with Crippen molar-refractivity contribution in [2.75, 3.05) is 36.5 Å². The summed E-state index contributed by atoms with van der Waals surface area (Å²) in [6, 6.07) is 7.14. The maximum absolute atomic E-state index is 12.5. The Morgan fingerprint density at radius 2 is 2.08 bits per heavy atom. The number of hydrogen-bond acceptors (Lipinski definition) is 4. The molecule has 1 aliphatic rings. The van der Waals surface area contributed by atoms with Crippen molar-refractivity contribution in [1.82, 2.24) is 10.2 Å². The van der Waals surface area contributed by atoms with Gasteiger partial charge in [0.25, 0.3) is 0 Å². The SMILES string of the molecule is CCCN(CC(=O)Nc1ccc(Cl)cc1)C(=O)CC1CSCCN1.Cl. The lowest BCUT2D eigenvalue weighted by Crippen LogP contribution is -2.44. The first-order valence-corrected chi connectivity index (χ1v) is 9.76. The van der Waals surface area contributed by atoms with Crippen LogP contribution >= 0.6 is 35.8 Å². The molecule has 140 valence electrons. The van der Waals surface area contributed by atoms with Crippen molar-refractivity contribution in [3.8, 4) is 0 Å². The van der Waals surface area contributed by atoms with Crippen molar-refractivity contribution in [3.63, 3.8) is 0 Å². The number of nitrogens with zero attached hydrogens (tertiary/aromatic N) is 1. The first-order valence-electron chi connectivity index (χ1n) is 8.22. The summed E-state index contributed by atoms with van der Waals surface area (Å²) in [5, 5.41) is 6.79. The molecule has 0 bridgehead atoms. The normalized spacial score (nSPS) is 16.6. The summed E-state index contributed by atoms with van der Waals surface area (Å²) in [4.78, 5) is 26.4. The Kier molecular flexibility index (Phi) is 10.3. The lowest BCUT2D eigenvalue weighted by atomic mass is 10.2. The van der Waals surface area contributed by atoms with Crippen LogP contribution in [-0.4, -0.2) is 53.9 Å². The number of carbonyl (C=O) groups is 2. The van der Waals surface area contributed by atoms with Crippen LogP contribution in [0.1, 0.15) is 19.8 Å². The van der Waals surface area contributed by atoms with Crippen molar-refractivity contribution < 1.29 is 9.59 Å². The van der Waals surface area contributed by atoms with Gasteiger partial charge in [0.15, 0.2) is 0 Å². The Morgan fingerprint density at radius 1 is 1.36 bits per heavy atom. The Balaban J connectivity index is 0.00000312. The molecule has 8 heteroatoms. The summed E-state index contributed by atoms with van der Waals surface area (Å²) in [7, 11) is 0. The summed E-state index contributed by atoms with van der Waals surface area (Å²) >= 11 is 7.70. The minimum absolute atomic E-state index is 0. The van der Waals surface area contributed by atoms with Crippen molar-refractivity contribution in [3.05, 3.63) is 29.3 Å². The average molecular weight is 406 g/mol. The molecule has 0 spiro atoms. The van der Waals surface area contributed by atoms with Gasteiger partial charge in [0.2, 0.25) is 11.8 Å². The molecule has 1 unspecified atom stereocenters. The number of thioether (sulfide) groups is 1. The second-order valence-electron chi connectivity index (χ2n) is 5.80. The van der Waals surface area contributed by atoms with E-state index >= 15 is 0 Å². The van der Waals surface area contributed by atoms with Crippen LogP contribution < -0.4 is 10.6 Å². The van der Waals surface area contributed by atoms with Crippen LogP contribution in [0.15, 0.2) is 24.3 Å². The fraction of sp³-hybridized carbons (Fsp3) is 0.529. The molecule has 1 aromatic carbocycles. The zero-order valence-corrected chi connectivity index (χ0v) is 16.7. The Hall–Kier alpha value is -0.950. The van der Waals surface area contributed by atoms with Crippen LogP contribution in [0.2, 0.25) is 5.02 Å². The molecule has 0 aromatic heterocycles. The molecule has 1 heterocycles. The van der Waals surface area contributed by atoms with Gasteiger partial charge in [-0.05, 0) is 30.7 Å². The first kappa shape index (κ1) is 22.1. The maximum Gasteiger partial charge on any atom is 0.243 e. The molecule has 1 aromatic rings. The van der Waals surface area contributed by atoms with E-state index in [0.717, 1.165) is 24.5 Å². The third kappa shape index (κ3) is 7.86. The van der Waals surface area contributed by atoms with Gasteiger partial charge in [-0.1, -0.05) is 18.5 Å². The summed E-state index contributed by atoms with van der Waals surface area (Å²) < 4.78 is 0. The highest BCUT2D eigenvalue weighted by molar-refractivity contribution is 7.99. The van der Waals surface area contributed by atoms with Crippen LogP contribution in [0.5, 0.6) is 0 Å². The van der Waals surface area contributed by atoms with E-state index in [9.17, 15) is 9.59 Å².